The summed E-state index contributed by atoms with van der Waals surface area (Å²) in [5.74, 6) is 0. The van der Waals surface area contributed by atoms with Gasteiger partial charge in [0.1, 0.15) is 0 Å². The van der Waals surface area contributed by atoms with Crippen LogP contribution in [-0.2, 0) is 9.47 Å². The van der Waals surface area contributed by atoms with Crippen LogP contribution in [0.15, 0.2) is 0 Å². The van der Waals surface area contributed by atoms with Gasteiger partial charge in [-0.25, -0.2) is 0 Å². The molecule has 0 saturated carbocycles. The monoisotopic (exact) mass is 265 g/mol. The molecular weight excluding hydrogens is 246 g/mol. The lowest BCUT2D eigenvalue weighted by atomic mass is 10.2. The van der Waals surface area contributed by atoms with Crippen LogP contribution in [0.5, 0.6) is 0 Å². The molecule has 0 N–H and O–H groups in total. The number of halogens is 1. The Morgan fingerprint density at radius 1 is 1.50 bits per heavy atom. The van der Waals surface area contributed by atoms with Crippen LogP contribution in [0.1, 0.15) is 12.8 Å². The highest BCUT2D eigenvalue weighted by atomic mass is 79.9. The first-order valence-electron chi connectivity index (χ1n) is 5.25. The maximum atomic E-state index is 5.43. The van der Waals surface area contributed by atoms with Gasteiger partial charge in [-0.2, -0.15) is 0 Å². The van der Waals surface area contributed by atoms with E-state index in [0.29, 0.717) is 6.04 Å². The predicted octanol–water partition coefficient (Wildman–Crippen LogP) is 1.51. The van der Waals surface area contributed by atoms with Gasteiger partial charge in [0.15, 0.2) is 0 Å². The lowest BCUT2D eigenvalue weighted by Gasteiger charge is -2.34. The van der Waals surface area contributed by atoms with Gasteiger partial charge < -0.3 is 9.47 Å². The standard InChI is InChI=1S/C10H20BrNO2/c1-13-6-3-2-4-12-5-7-14-9-10(12)8-11/h10H,2-9H2,1H3. The summed E-state index contributed by atoms with van der Waals surface area (Å²) in [6.45, 7) is 4.87. The molecule has 1 saturated heterocycles. The van der Waals surface area contributed by atoms with Crippen molar-refractivity contribution >= 4 is 15.9 Å². The molecule has 0 aliphatic carbocycles. The van der Waals surface area contributed by atoms with Crippen molar-refractivity contribution in [3.63, 3.8) is 0 Å². The average molecular weight is 266 g/mol. The maximum absolute atomic E-state index is 5.43. The van der Waals surface area contributed by atoms with Crippen LogP contribution in [0.25, 0.3) is 0 Å². The molecule has 1 unspecified atom stereocenters. The lowest BCUT2D eigenvalue weighted by Crippen LogP contribution is -2.46. The summed E-state index contributed by atoms with van der Waals surface area (Å²) in [4.78, 5) is 2.51. The van der Waals surface area contributed by atoms with Crippen LogP contribution in [0.4, 0.5) is 0 Å². The molecule has 3 nitrogen and oxygen atoms in total. The van der Waals surface area contributed by atoms with Crippen molar-refractivity contribution in [3.05, 3.63) is 0 Å². The van der Waals surface area contributed by atoms with Crippen molar-refractivity contribution in [2.24, 2.45) is 0 Å². The Labute approximate surface area is 94.9 Å². The minimum atomic E-state index is 0.561. The summed E-state index contributed by atoms with van der Waals surface area (Å²) < 4.78 is 10.5. The van der Waals surface area contributed by atoms with Gasteiger partial charge in [-0.3, -0.25) is 4.90 Å². The summed E-state index contributed by atoms with van der Waals surface area (Å²) >= 11 is 3.53. The first kappa shape index (κ1) is 12.4. The fourth-order valence-electron chi connectivity index (χ4n) is 1.69. The number of hydrogen-bond acceptors (Lipinski definition) is 3. The second kappa shape index (κ2) is 7.63. The van der Waals surface area contributed by atoms with Gasteiger partial charge in [0, 0.05) is 31.6 Å². The van der Waals surface area contributed by atoms with E-state index in [0.717, 1.165) is 38.1 Å². The molecule has 14 heavy (non-hydrogen) atoms. The zero-order valence-corrected chi connectivity index (χ0v) is 10.5. The summed E-state index contributed by atoms with van der Waals surface area (Å²) in [6.07, 6.45) is 2.38. The van der Waals surface area contributed by atoms with Gasteiger partial charge in [0.2, 0.25) is 0 Å². The predicted molar refractivity (Wildman–Crippen MR) is 61.1 cm³/mol. The molecule has 1 rings (SSSR count). The first-order chi connectivity index (χ1) is 6.88. The Bertz CT molecular complexity index is 146. The SMILES string of the molecule is COCCCCN1CCOCC1CBr. The van der Waals surface area contributed by atoms with Gasteiger partial charge in [-0.1, -0.05) is 15.9 Å². The molecule has 1 atom stereocenters. The summed E-state index contributed by atoms with van der Waals surface area (Å²) in [7, 11) is 1.76. The Balaban J connectivity index is 2.13. The Morgan fingerprint density at radius 3 is 3.07 bits per heavy atom. The zero-order valence-electron chi connectivity index (χ0n) is 8.88. The van der Waals surface area contributed by atoms with Crippen molar-refractivity contribution in [2.75, 3.05) is 45.4 Å². The van der Waals surface area contributed by atoms with E-state index in [1.807, 2.05) is 0 Å². The van der Waals surface area contributed by atoms with E-state index in [4.69, 9.17) is 9.47 Å². The molecule has 1 heterocycles. The van der Waals surface area contributed by atoms with E-state index >= 15 is 0 Å². The molecule has 0 aromatic heterocycles. The molecule has 4 heteroatoms. The number of rotatable bonds is 6. The highest BCUT2D eigenvalue weighted by Gasteiger charge is 2.20. The van der Waals surface area contributed by atoms with Crippen LogP contribution in [-0.4, -0.2) is 56.3 Å². The minimum absolute atomic E-state index is 0.561. The van der Waals surface area contributed by atoms with E-state index in [-0.39, 0.29) is 0 Å². The molecule has 1 aliphatic heterocycles. The fourth-order valence-corrected chi connectivity index (χ4v) is 2.28. The first-order valence-corrected chi connectivity index (χ1v) is 6.37. The molecule has 1 fully saturated rings. The van der Waals surface area contributed by atoms with Crippen LogP contribution >= 0.6 is 15.9 Å². The molecule has 84 valence electrons. The number of ether oxygens (including phenoxy) is 2. The normalized spacial score (nSPS) is 24.0. The minimum Gasteiger partial charge on any atom is -0.385 e. The Hall–Kier alpha value is 0.360. The van der Waals surface area contributed by atoms with E-state index in [1.165, 1.54) is 13.0 Å². The smallest absolute Gasteiger partial charge is 0.0630 e. The van der Waals surface area contributed by atoms with Crippen LogP contribution < -0.4 is 0 Å². The quantitative estimate of drug-likeness (QED) is 0.537. The zero-order chi connectivity index (χ0) is 10.2. The largest absolute Gasteiger partial charge is 0.385 e. The van der Waals surface area contributed by atoms with Crippen molar-refractivity contribution in [1.82, 2.24) is 4.90 Å². The number of alkyl halides is 1. The summed E-state index contributed by atoms with van der Waals surface area (Å²) in [5.41, 5.74) is 0. The van der Waals surface area contributed by atoms with Gasteiger partial charge in [0.25, 0.3) is 0 Å². The molecule has 0 aromatic carbocycles. The molecular formula is C10H20BrNO2. The van der Waals surface area contributed by atoms with Crippen molar-refractivity contribution < 1.29 is 9.47 Å². The summed E-state index contributed by atoms with van der Waals surface area (Å²) in [5, 5.41) is 1.01. The molecule has 0 aromatic rings. The second-order valence-corrected chi connectivity index (χ2v) is 4.27. The number of nitrogens with zero attached hydrogens (tertiary/aromatic N) is 1. The van der Waals surface area contributed by atoms with Crippen molar-refractivity contribution in [3.8, 4) is 0 Å². The van der Waals surface area contributed by atoms with Gasteiger partial charge in [-0.05, 0) is 19.4 Å². The van der Waals surface area contributed by atoms with E-state index in [9.17, 15) is 0 Å². The Morgan fingerprint density at radius 2 is 2.36 bits per heavy atom. The number of hydrogen-bond donors (Lipinski definition) is 0. The van der Waals surface area contributed by atoms with Crippen LogP contribution in [0, 0.1) is 0 Å². The maximum Gasteiger partial charge on any atom is 0.0630 e. The van der Waals surface area contributed by atoms with Gasteiger partial charge in [0.05, 0.1) is 13.2 Å². The molecule has 1 aliphatic rings. The highest BCUT2D eigenvalue weighted by molar-refractivity contribution is 9.09. The summed E-state index contributed by atoms with van der Waals surface area (Å²) in [6, 6.07) is 0.561. The third kappa shape index (κ3) is 4.26. The average Bonchev–Trinajstić information content (AvgIpc) is 2.25. The van der Waals surface area contributed by atoms with E-state index < -0.39 is 0 Å². The number of methoxy groups -OCH3 is 1. The lowest BCUT2D eigenvalue weighted by molar-refractivity contribution is 0.000699. The molecule has 0 radical (unpaired) electrons. The number of morpholine rings is 1. The topological polar surface area (TPSA) is 21.7 Å². The van der Waals surface area contributed by atoms with Gasteiger partial charge >= 0.3 is 0 Å². The third-order valence-electron chi connectivity index (χ3n) is 2.57. The second-order valence-electron chi connectivity index (χ2n) is 3.62. The van der Waals surface area contributed by atoms with E-state index in [2.05, 4.69) is 20.8 Å². The molecule has 0 amide bonds. The molecule has 0 spiro atoms. The third-order valence-corrected chi connectivity index (χ3v) is 3.32. The van der Waals surface area contributed by atoms with Gasteiger partial charge in [-0.15, -0.1) is 0 Å². The van der Waals surface area contributed by atoms with Crippen molar-refractivity contribution in [2.45, 2.75) is 18.9 Å². The van der Waals surface area contributed by atoms with Crippen LogP contribution in [0.2, 0.25) is 0 Å². The number of unbranched alkanes of at least 4 members (excludes halogenated alkanes) is 1. The molecule has 0 bridgehead atoms. The fraction of sp³-hybridized carbons (Fsp3) is 1.00. The van der Waals surface area contributed by atoms with E-state index in [1.54, 1.807) is 7.11 Å². The van der Waals surface area contributed by atoms with Crippen LogP contribution in [0.3, 0.4) is 0 Å². The van der Waals surface area contributed by atoms with Crippen molar-refractivity contribution in [1.29, 1.82) is 0 Å². The Kier molecular flexibility index (Phi) is 6.77. The highest BCUT2D eigenvalue weighted by Crippen LogP contribution is 2.10.